The Kier molecular flexibility index (Phi) is 13.7. The number of anilines is 1. The number of benzene rings is 2. The Hall–Kier alpha value is -2.91. The minimum atomic E-state index is -0.975. The Balaban J connectivity index is 1.96. The van der Waals surface area contributed by atoms with Crippen LogP contribution in [0, 0.1) is 6.92 Å². The number of aliphatic carboxylic acids is 1. The fourth-order valence-corrected chi connectivity index (χ4v) is 4.49. The van der Waals surface area contributed by atoms with Crippen molar-refractivity contribution < 1.29 is 28.9 Å². The average Bonchev–Trinajstić information content (AvgIpc) is 2.88. The van der Waals surface area contributed by atoms with Gasteiger partial charge in [0.15, 0.2) is 6.10 Å². The molecule has 2 amide bonds. The van der Waals surface area contributed by atoms with Crippen LogP contribution in [-0.2, 0) is 16.0 Å². The number of urea groups is 1. The van der Waals surface area contributed by atoms with Gasteiger partial charge in [0.2, 0.25) is 0 Å². The molecule has 0 saturated heterocycles. The summed E-state index contributed by atoms with van der Waals surface area (Å²) in [7, 11) is 1.58. The van der Waals surface area contributed by atoms with Crippen molar-refractivity contribution >= 4 is 29.4 Å². The van der Waals surface area contributed by atoms with E-state index in [0.29, 0.717) is 43.5 Å². The van der Waals surface area contributed by atoms with E-state index in [4.69, 9.17) is 14.2 Å². The second-order valence-electron chi connectivity index (χ2n) is 8.57. The number of nitrogens with one attached hydrogen (secondary N) is 1. The van der Waals surface area contributed by atoms with Crippen LogP contribution in [0.15, 0.2) is 42.5 Å². The molecule has 0 radical (unpaired) electrons. The number of amides is 2. The summed E-state index contributed by atoms with van der Waals surface area (Å²) in [5, 5.41) is 12.3. The average molecular weight is 533 g/mol. The molecule has 0 fully saturated rings. The molecular formula is C28H40N2O6S. The second kappa shape index (κ2) is 16.8. The van der Waals surface area contributed by atoms with Gasteiger partial charge in [0.05, 0.1) is 19.3 Å². The smallest absolute Gasteiger partial charge is 0.333 e. The van der Waals surface area contributed by atoms with Gasteiger partial charge in [0.1, 0.15) is 18.1 Å². The lowest BCUT2D eigenvalue weighted by atomic mass is 10.1. The van der Waals surface area contributed by atoms with Crippen LogP contribution in [0.5, 0.6) is 11.5 Å². The van der Waals surface area contributed by atoms with Gasteiger partial charge in [0.25, 0.3) is 0 Å². The molecule has 1 unspecified atom stereocenters. The van der Waals surface area contributed by atoms with Crippen molar-refractivity contribution in [3.8, 4) is 11.5 Å². The van der Waals surface area contributed by atoms with E-state index in [2.05, 4.69) is 12.2 Å². The lowest BCUT2D eigenvalue weighted by Gasteiger charge is -2.24. The predicted molar refractivity (Wildman–Crippen MR) is 149 cm³/mol. The van der Waals surface area contributed by atoms with Gasteiger partial charge in [-0.15, -0.1) is 0 Å². The number of thioether (sulfide) groups is 1. The monoisotopic (exact) mass is 532 g/mol. The number of rotatable bonds is 17. The maximum Gasteiger partial charge on any atom is 0.333 e. The van der Waals surface area contributed by atoms with Crippen molar-refractivity contribution in [2.45, 2.75) is 46.1 Å². The second-order valence-corrected chi connectivity index (χ2v) is 9.79. The number of carboxylic acid groups (broad SMARTS) is 1. The first-order valence-corrected chi connectivity index (χ1v) is 13.9. The Bertz CT molecular complexity index is 970. The summed E-state index contributed by atoms with van der Waals surface area (Å²) in [4.78, 5) is 26.2. The van der Waals surface area contributed by atoms with Crippen LogP contribution in [0.25, 0.3) is 0 Å². The van der Waals surface area contributed by atoms with Gasteiger partial charge >= 0.3 is 12.0 Å². The first kappa shape index (κ1) is 30.3. The molecule has 9 heteroatoms. The lowest BCUT2D eigenvalue weighted by Crippen LogP contribution is -2.39. The zero-order valence-electron chi connectivity index (χ0n) is 22.3. The van der Waals surface area contributed by atoms with E-state index in [9.17, 15) is 14.7 Å². The molecule has 0 aliphatic carbocycles. The van der Waals surface area contributed by atoms with E-state index < -0.39 is 12.1 Å². The van der Waals surface area contributed by atoms with Crippen molar-refractivity contribution in [1.82, 2.24) is 4.90 Å². The highest BCUT2D eigenvalue weighted by molar-refractivity contribution is 7.99. The summed E-state index contributed by atoms with van der Waals surface area (Å²) in [6.07, 6.45) is 1.45. The number of carbonyl (C=O) groups excluding carboxylic acids is 1. The minimum absolute atomic E-state index is 0.195. The fourth-order valence-electron chi connectivity index (χ4n) is 3.66. The summed E-state index contributed by atoms with van der Waals surface area (Å²) in [6.45, 7) is 7.62. The van der Waals surface area contributed by atoms with Crippen molar-refractivity contribution in [3.63, 3.8) is 0 Å². The number of methoxy groups -OCH3 is 1. The third-order valence-electron chi connectivity index (χ3n) is 5.57. The van der Waals surface area contributed by atoms with Crippen molar-refractivity contribution in [2.75, 3.05) is 50.2 Å². The molecule has 1 atom stereocenters. The van der Waals surface area contributed by atoms with E-state index in [-0.39, 0.29) is 12.5 Å². The van der Waals surface area contributed by atoms with Gasteiger partial charge < -0.3 is 29.5 Å². The molecule has 204 valence electrons. The van der Waals surface area contributed by atoms with Gasteiger partial charge in [-0.25, -0.2) is 9.59 Å². The fraction of sp³-hybridized carbons (Fsp3) is 0.500. The van der Waals surface area contributed by atoms with Gasteiger partial charge in [-0.3, -0.25) is 0 Å². The summed E-state index contributed by atoms with van der Waals surface area (Å²) in [5.74, 6) is 2.41. The normalized spacial score (nSPS) is 11.6. The van der Waals surface area contributed by atoms with E-state index in [1.165, 1.54) is 0 Å². The van der Waals surface area contributed by atoms with Crippen LogP contribution >= 0.6 is 11.8 Å². The number of hydrogen-bond donors (Lipinski definition) is 2. The van der Waals surface area contributed by atoms with Gasteiger partial charge in [-0.1, -0.05) is 25.1 Å². The molecule has 0 spiro atoms. The SMILES string of the molecule is CCCSCCCN(CCOc1ccc(CC(OCC)C(=O)O)cc1)C(=O)Nc1cc(C)ccc1OC. The number of aryl methyl sites for hydroxylation is 1. The Morgan fingerprint density at radius 2 is 1.84 bits per heavy atom. The predicted octanol–water partition coefficient (Wildman–Crippen LogP) is 5.48. The molecule has 0 aromatic heterocycles. The number of nitrogens with zero attached hydrogens (tertiary/aromatic N) is 1. The quantitative estimate of drug-likeness (QED) is 0.260. The van der Waals surface area contributed by atoms with Gasteiger partial charge in [-0.05, 0) is 73.6 Å². The molecule has 37 heavy (non-hydrogen) atoms. The van der Waals surface area contributed by atoms with Crippen LogP contribution in [0.2, 0.25) is 0 Å². The highest BCUT2D eigenvalue weighted by Crippen LogP contribution is 2.25. The molecule has 2 N–H and O–H groups in total. The Morgan fingerprint density at radius 1 is 1.08 bits per heavy atom. The summed E-state index contributed by atoms with van der Waals surface area (Å²) >= 11 is 1.89. The summed E-state index contributed by atoms with van der Waals surface area (Å²) in [6, 6.07) is 12.8. The van der Waals surface area contributed by atoms with Crippen LogP contribution in [0.1, 0.15) is 37.8 Å². The van der Waals surface area contributed by atoms with E-state index in [1.54, 1.807) is 18.9 Å². The van der Waals surface area contributed by atoms with Crippen LogP contribution in [-0.4, -0.2) is 73.0 Å². The third-order valence-corrected chi connectivity index (χ3v) is 6.84. The number of carbonyl (C=O) groups is 2. The summed E-state index contributed by atoms with van der Waals surface area (Å²) < 4.78 is 16.6. The van der Waals surface area contributed by atoms with Crippen molar-refractivity contribution in [1.29, 1.82) is 0 Å². The van der Waals surface area contributed by atoms with Crippen molar-refractivity contribution in [3.05, 3.63) is 53.6 Å². The molecule has 2 aromatic carbocycles. The molecule has 8 nitrogen and oxygen atoms in total. The number of hydrogen-bond acceptors (Lipinski definition) is 6. The van der Waals surface area contributed by atoms with Crippen molar-refractivity contribution in [2.24, 2.45) is 0 Å². The molecule has 0 heterocycles. The molecule has 2 rings (SSSR count). The highest BCUT2D eigenvalue weighted by Gasteiger charge is 2.18. The zero-order valence-corrected chi connectivity index (χ0v) is 23.1. The number of carboxylic acids is 1. The van der Waals surface area contributed by atoms with Crippen LogP contribution < -0.4 is 14.8 Å². The summed E-state index contributed by atoms with van der Waals surface area (Å²) in [5.41, 5.74) is 2.52. The Morgan fingerprint density at radius 3 is 2.49 bits per heavy atom. The maximum absolute atomic E-state index is 13.1. The topological polar surface area (TPSA) is 97.3 Å². The van der Waals surface area contributed by atoms with E-state index >= 15 is 0 Å². The van der Waals surface area contributed by atoms with Gasteiger partial charge in [0, 0.05) is 19.6 Å². The molecule has 2 aromatic rings. The molecule has 0 aliphatic heterocycles. The maximum atomic E-state index is 13.1. The van der Waals surface area contributed by atoms with Gasteiger partial charge in [-0.2, -0.15) is 11.8 Å². The Labute approximate surface area is 224 Å². The molecule has 0 bridgehead atoms. The third kappa shape index (κ3) is 10.9. The first-order chi connectivity index (χ1) is 17.9. The highest BCUT2D eigenvalue weighted by atomic mass is 32.2. The zero-order chi connectivity index (χ0) is 27.0. The first-order valence-electron chi connectivity index (χ1n) is 12.7. The van der Waals surface area contributed by atoms with Crippen LogP contribution in [0.3, 0.4) is 0 Å². The van der Waals surface area contributed by atoms with E-state index in [1.807, 2.05) is 61.2 Å². The molecular weight excluding hydrogens is 492 g/mol. The van der Waals surface area contributed by atoms with Crippen LogP contribution in [0.4, 0.5) is 10.5 Å². The molecule has 0 aliphatic rings. The lowest BCUT2D eigenvalue weighted by molar-refractivity contribution is -0.149. The van der Waals surface area contributed by atoms with E-state index in [0.717, 1.165) is 35.5 Å². The molecule has 0 saturated carbocycles. The minimum Gasteiger partial charge on any atom is -0.495 e. The standard InChI is InChI=1S/C28H40N2O6S/c1-5-17-37-18-7-14-30(28(33)29-24-19-21(3)8-13-25(24)34-4)15-16-36-23-11-9-22(10-12-23)20-26(27(31)32)35-6-2/h8-13,19,26H,5-7,14-18,20H2,1-4H3,(H,29,33)(H,31,32). The number of ether oxygens (including phenoxy) is 3. The largest absolute Gasteiger partial charge is 0.495 e.